The molecule has 0 radical (unpaired) electrons. The van der Waals surface area contributed by atoms with Crippen LogP contribution in [0.3, 0.4) is 0 Å². The number of nitrogens with zero attached hydrogens (tertiary/aromatic N) is 2. The maximum atomic E-state index is 11.5. The van der Waals surface area contributed by atoms with Crippen molar-refractivity contribution in [3.8, 4) is 0 Å². The summed E-state index contributed by atoms with van der Waals surface area (Å²) in [7, 11) is 2.57. The van der Waals surface area contributed by atoms with Crippen LogP contribution in [0.1, 0.15) is 11.1 Å². The van der Waals surface area contributed by atoms with E-state index in [9.17, 15) is 10.4 Å². The summed E-state index contributed by atoms with van der Waals surface area (Å²) in [6, 6.07) is 7.11. The number of pyridine rings is 2. The van der Waals surface area contributed by atoms with Crippen LogP contribution in [0, 0.1) is 24.3 Å². The van der Waals surface area contributed by atoms with Crippen molar-refractivity contribution >= 4 is 21.6 Å². The molecule has 0 spiro atoms. The van der Waals surface area contributed by atoms with E-state index in [-0.39, 0.29) is 0 Å². The molecule has 0 aromatic carbocycles. The summed E-state index contributed by atoms with van der Waals surface area (Å²) in [5, 5.41) is 24.2. The fourth-order valence-corrected chi connectivity index (χ4v) is 3.49. The Balaban J connectivity index is 2.16. The highest BCUT2D eigenvalue weighted by molar-refractivity contribution is 8.76. The molecule has 18 heavy (non-hydrogen) atoms. The van der Waals surface area contributed by atoms with E-state index in [1.165, 1.54) is 34.0 Å². The molecule has 0 amide bonds. The van der Waals surface area contributed by atoms with Gasteiger partial charge in [0.2, 0.25) is 0 Å². The number of aromatic nitrogens is 2. The van der Waals surface area contributed by atoms with Crippen LogP contribution in [0.25, 0.3) is 0 Å². The predicted octanol–water partition coefficient (Wildman–Crippen LogP) is 2.37. The van der Waals surface area contributed by atoms with Crippen LogP contribution in [0.5, 0.6) is 0 Å². The van der Waals surface area contributed by atoms with E-state index >= 15 is 0 Å². The second-order valence-electron chi connectivity index (χ2n) is 3.90. The first-order chi connectivity index (χ1) is 8.56. The predicted molar refractivity (Wildman–Crippen MR) is 72.0 cm³/mol. The van der Waals surface area contributed by atoms with Crippen molar-refractivity contribution in [2.45, 2.75) is 23.9 Å². The molecule has 2 aromatic heterocycles. The van der Waals surface area contributed by atoms with Crippen molar-refractivity contribution < 1.29 is 9.46 Å². The highest BCUT2D eigenvalue weighted by Gasteiger charge is 2.12. The summed E-state index contributed by atoms with van der Waals surface area (Å²) in [6.07, 6.45) is 2.94. The number of hydrogen-bond acceptors (Lipinski definition) is 4. The molecule has 0 atom stereocenters. The molecular formula is C12H12N2O2S2. The third kappa shape index (κ3) is 3.08. The first-order valence-corrected chi connectivity index (χ1v) is 7.45. The minimum atomic E-state index is 0.571. The minimum Gasteiger partial charge on any atom is -0.618 e. The highest BCUT2D eigenvalue weighted by Crippen LogP contribution is 2.34. The van der Waals surface area contributed by atoms with E-state index < -0.39 is 0 Å². The zero-order valence-electron chi connectivity index (χ0n) is 9.99. The lowest BCUT2D eigenvalue weighted by molar-refractivity contribution is -0.646. The monoisotopic (exact) mass is 280 g/mol. The molecule has 4 nitrogen and oxygen atoms in total. The normalized spacial score (nSPS) is 10.6. The third-order valence-electron chi connectivity index (χ3n) is 2.29. The average molecular weight is 280 g/mol. The van der Waals surface area contributed by atoms with E-state index in [1.54, 1.807) is 24.3 Å². The SMILES string of the molecule is Cc1cc[n+]([O-])c(SSc2cc(C)cc[n+]2[O-])c1. The quantitative estimate of drug-likeness (QED) is 0.492. The van der Waals surface area contributed by atoms with Gasteiger partial charge in [0, 0.05) is 45.9 Å². The smallest absolute Gasteiger partial charge is 0.262 e. The lowest BCUT2D eigenvalue weighted by atomic mass is 10.3. The van der Waals surface area contributed by atoms with Crippen LogP contribution in [0.2, 0.25) is 0 Å². The van der Waals surface area contributed by atoms with Gasteiger partial charge in [-0.15, -0.1) is 0 Å². The Hall–Kier alpha value is -1.40. The van der Waals surface area contributed by atoms with Gasteiger partial charge < -0.3 is 10.4 Å². The van der Waals surface area contributed by atoms with Gasteiger partial charge in [-0.1, -0.05) is 0 Å². The molecule has 0 unspecified atom stereocenters. The van der Waals surface area contributed by atoms with E-state index in [4.69, 9.17) is 0 Å². The largest absolute Gasteiger partial charge is 0.618 e. The van der Waals surface area contributed by atoms with Gasteiger partial charge in [-0.3, -0.25) is 0 Å². The Bertz CT molecular complexity index is 524. The van der Waals surface area contributed by atoms with E-state index in [1.807, 2.05) is 13.8 Å². The number of aryl methyl sites for hydroxylation is 2. The van der Waals surface area contributed by atoms with Crippen LogP contribution in [-0.2, 0) is 0 Å². The Morgan fingerprint density at radius 1 is 0.833 bits per heavy atom. The second-order valence-corrected chi connectivity index (χ2v) is 6.07. The van der Waals surface area contributed by atoms with E-state index in [0.717, 1.165) is 20.6 Å². The summed E-state index contributed by atoms with van der Waals surface area (Å²) in [4.78, 5) is 0. The van der Waals surface area contributed by atoms with Crippen LogP contribution < -0.4 is 9.46 Å². The highest BCUT2D eigenvalue weighted by atomic mass is 33.1. The Morgan fingerprint density at radius 3 is 1.61 bits per heavy atom. The summed E-state index contributed by atoms with van der Waals surface area (Å²) < 4.78 is 1.60. The summed E-state index contributed by atoms with van der Waals surface area (Å²) in [5.74, 6) is 0. The standard InChI is InChI=1S/C12H12N2O2S2/c1-9-3-5-13(15)11(7-9)17-18-12-8-10(2)4-6-14(12)16/h3-8H,1-2H3. The minimum absolute atomic E-state index is 0.571. The first-order valence-electron chi connectivity index (χ1n) is 5.30. The zero-order valence-corrected chi connectivity index (χ0v) is 11.6. The number of rotatable bonds is 3. The van der Waals surface area contributed by atoms with Gasteiger partial charge >= 0.3 is 0 Å². The molecule has 0 fully saturated rings. The lowest BCUT2D eigenvalue weighted by Gasteiger charge is -2.05. The fourth-order valence-electron chi connectivity index (χ4n) is 1.34. The molecule has 0 saturated carbocycles. The van der Waals surface area contributed by atoms with E-state index in [2.05, 4.69) is 0 Å². The summed E-state index contributed by atoms with van der Waals surface area (Å²) in [5.41, 5.74) is 2.04. The molecule has 0 aliphatic heterocycles. The second kappa shape index (κ2) is 5.49. The fraction of sp³-hybridized carbons (Fsp3) is 0.167. The van der Waals surface area contributed by atoms with Gasteiger partial charge in [0.05, 0.1) is 0 Å². The molecule has 94 valence electrons. The maximum absolute atomic E-state index is 11.5. The van der Waals surface area contributed by atoms with Gasteiger partial charge in [0.25, 0.3) is 10.1 Å². The molecule has 0 bridgehead atoms. The van der Waals surface area contributed by atoms with Crippen molar-refractivity contribution in [2.75, 3.05) is 0 Å². The van der Waals surface area contributed by atoms with Crippen LogP contribution in [0.4, 0.5) is 0 Å². The van der Waals surface area contributed by atoms with Crippen molar-refractivity contribution in [2.24, 2.45) is 0 Å². The van der Waals surface area contributed by atoms with Gasteiger partial charge in [-0.25, -0.2) is 0 Å². The number of hydrogen-bond donors (Lipinski definition) is 0. The lowest BCUT2D eigenvalue weighted by Crippen LogP contribution is -2.29. The summed E-state index contributed by atoms with van der Waals surface area (Å²) >= 11 is 0. The first kappa shape index (κ1) is 13.0. The van der Waals surface area contributed by atoms with Crippen molar-refractivity contribution in [1.29, 1.82) is 0 Å². The summed E-state index contributed by atoms with van der Waals surface area (Å²) in [6.45, 7) is 3.85. The Morgan fingerprint density at radius 2 is 1.22 bits per heavy atom. The molecule has 0 aliphatic rings. The topological polar surface area (TPSA) is 53.9 Å². The Kier molecular flexibility index (Phi) is 3.98. The van der Waals surface area contributed by atoms with Crippen molar-refractivity contribution in [3.05, 3.63) is 58.2 Å². The van der Waals surface area contributed by atoms with E-state index in [0.29, 0.717) is 10.1 Å². The molecular weight excluding hydrogens is 268 g/mol. The molecule has 2 heterocycles. The van der Waals surface area contributed by atoms with Gasteiger partial charge in [0.15, 0.2) is 12.4 Å². The molecule has 2 aromatic rings. The molecule has 0 saturated heterocycles. The molecule has 0 aliphatic carbocycles. The third-order valence-corrected chi connectivity index (χ3v) is 4.59. The van der Waals surface area contributed by atoms with Gasteiger partial charge in [-0.2, -0.15) is 9.46 Å². The molecule has 6 heteroatoms. The van der Waals surface area contributed by atoms with Gasteiger partial charge in [-0.05, 0) is 25.0 Å². The maximum Gasteiger partial charge on any atom is 0.262 e. The van der Waals surface area contributed by atoms with Crippen LogP contribution in [0.15, 0.2) is 46.7 Å². The van der Waals surface area contributed by atoms with Crippen LogP contribution in [-0.4, -0.2) is 0 Å². The van der Waals surface area contributed by atoms with Crippen LogP contribution >= 0.6 is 21.6 Å². The van der Waals surface area contributed by atoms with Crippen molar-refractivity contribution in [3.63, 3.8) is 0 Å². The average Bonchev–Trinajstić information content (AvgIpc) is 2.34. The molecule has 2 rings (SSSR count). The van der Waals surface area contributed by atoms with Crippen molar-refractivity contribution in [1.82, 2.24) is 0 Å². The Labute approximate surface area is 113 Å². The zero-order chi connectivity index (χ0) is 13.1. The molecule has 0 N–H and O–H groups in total. The van der Waals surface area contributed by atoms with Gasteiger partial charge in [0.1, 0.15) is 0 Å².